The SMILES string of the molecule is C=C(C)C1CCC(C)=CC1c1c(OC(=O)C(N)CCCCN)cc(CCCCC)cc1OC(=O)C(N)CCCCN. The number of carbonyl (C=O) groups excluding carboxylic acids is 2. The molecule has 0 radical (unpaired) electrons. The Kier molecular flexibility index (Phi) is 15.3. The molecule has 0 spiro atoms. The van der Waals surface area contributed by atoms with E-state index in [0.29, 0.717) is 43.0 Å². The highest BCUT2D eigenvalue weighted by Gasteiger charge is 2.33. The fourth-order valence-corrected chi connectivity index (χ4v) is 5.40. The fourth-order valence-electron chi connectivity index (χ4n) is 5.40. The Bertz CT molecular complexity index is 987. The first-order valence-electron chi connectivity index (χ1n) is 15.5. The van der Waals surface area contributed by atoms with Gasteiger partial charge in [-0.05, 0) is 102 Å². The lowest BCUT2D eigenvalue weighted by molar-refractivity contribution is -0.136. The quantitative estimate of drug-likeness (QED) is 0.0816. The number of hydrogen-bond acceptors (Lipinski definition) is 8. The van der Waals surface area contributed by atoms with Gasteiger partial charge in [0.15, 0.2) is 0 Å². The fraction of sp³-hybridized carbons (Fsp3) is 0.636. The first kappa shape index (κ1) is 34.7. The molecule has 1 aliphatic carbocycles. The van der Waals surface area contributed by atoms with Gasteiger partial charge in [-0.25, -0.2) is 9.59 Å². The van der Waals surface area contributed by atoms with E-state index in [2.05, 4.69) is 26.5 Å². The number of allylic oxidation sites excluding steroid dienone is 3. The monoisotopic (exact) mass is 570 g/mol. The Morgan fingerprint density at radius 3 is 1.93 bits per heavy atom. The molecule has 0 heterocycles. The molecule has 4 atom stereocenters. The molecular weight excluding hydrogens is 516 g/mol. The average molecular weight is 571 g/mol. The van der Waals surface area contributed by atoms with Crippen LogP contribution in [0.2, 0.25) is 0 Å². The van der Waals surface area contributed by atoms with Gasteiger partial charge in [0.25, 0.3) is 0 Å². The van der Waals surface area contributed by atoms with Gasteiger partial charge < -0.3 is 32.4 Å². The summed E-state index contributed by atoms with van der Waals surface area (Å²) in [4.78, 5) is 26.5. The van der Waals surface area contributed by atoms with Crippen molar-refractivity contribution in [1.82, 2.24) is 0 Å². The van der Waals surface area contributed by atoms with Crippen LogP contribution in [0.4, 0.5) is 0 Å². The molecule has 1 aromatic rings. The number of carbonyl (C=O) groups is 2. The third kappa shape index (κ3) is 11.0. The summed E-state index contributed by atoms with van der Waals surface area (Å²) in [6, 6.07) is 2.28. The van der Waals surface area contributed by atoms with E-state index in [4.69, 9.17) is 32.4 Å². The van der Waals surface area contributed by atoms with E-state index < -0.39 is 24.0 Å². The lowest BCUT2D eigenvalue weighted by Gasteiger charge is -2.33. The van der Waals surface area contributed by atoms with Crippen molar-refractivity contribution in [2.24, 2.45) is 28.9 Å². The maximum absolute atomic E-state index is 13.2. The molecule has 1 aliphatic rings. The number of rotatable bonds is 18. The molecule has 0 bridgehead atoms. The van der Waals surface area contributed by atoms with Gasteiger partial charge in [0.05, 0.1) is 0 Å². The van der Waals surface area contributed by atoms with Crippen LogP contribution in [-0.4, -0.2) is 37.1 Å². The van der Waals surface area contributed by atoms with E-state index in [9.17, 15) is 9.59 Å². The van der Waals surface area contributed by atoms with Crippen LogP contribution in [-0.2, 0) is 16.0 Å². The van der Waals surface area contributed by atoms with Crippen LogP contribution in [0.25, 0.3) is 0 Å². The largest absolute Gasteiger partial charge is 0.425 e. The molecule has 8 N–H and O–H groups in total. The Labute approximate surface area is 247 Å². The zero-order chi connectivity index (χ0) is 30.4. The number of aryl methyl sites for hydroxylation is 1. The second kappa shape index (κ2) is 18.1. The molecule has 2 rings (SSSR count). The highest BCUT2D eigenvalue weighted by atomic mass is 16.5. The maximum atomic E-state index is 13.2. The highest BCUT2D eigenvalue weighted by Crippen LogP contribution is 2.47. The van der Waals surface area contributed by atoms with Crippen molar-refractivity contribution >= 4 is 11.9 Å². The Morgan fingerprint density at radius 2 is 1.46 bits per heavy atom. The highest BCUT2D eigenvalue weighted by molar-refractivity contribution is 5.81. The molecule has 0 fully saturated rings. The van der Waals surface area contributed by atoms with Gasteiger partial charge in [-0.2, -0.15) is 0 Å². The van der Waals surface area contributed by atoms with Crippen molar-refractivity contribution in [3.63, 3.8) is 0 Å². The molecule has 230 valence electrons. The first-order chi connectivity index (χ1) is 19.6. The molecule has 8 nitrogen and oxygen atoms in total. The van der Waals surface area contributed by atoms with E-state index in [-0.39, 0.29) is 11.8 Å². The van der Waals surface area contributed by atoms with E-state index in [0.717, 1.165) is 75.3 Å². The normalized spacial score (nSPS) is 18.4. The molecule has 0 aliphatic heterocycles. The Morgan fingerprint density at radius 1 is 0.927 bits per heavy atom. The van der Waals surface area contributed by atoms with Crippen LogP contribution in [0.5, 0.6) is 11.5 Å². The number of hydrogen-bond donors (Lipinski definition) is 4. The van der Waals surface area contributed by atoms with Gasteiger partial charge in [-0.1, -0.05) is 56.4 Å². The van der Waals surface area contributed by atoms with Crippen LogP contribution in [0.1, 0.15) is 108 Å². The second-order valence-corrected chi connectivity index (χ2v) is 11.6. The molecule has 0 saturated heterocycles. The predicted molar refractivity (Wildman–Crippen MR) is 167 cm³/mol. The standard InChI is InChI=1S/C33H54N4O4/c1-5-6-7-12-24-20-29(40-32(38)27(36)13-8-10-17-34)31(26-19-23(4)15-16-25(26)22(2)3)30(21-24)41-33(39)28(37)14-9-11-18-35/h19-21,25-28H,2,5-18,34-37H2,1,3-4H3. The van der Waals surface area contributed by atoms with Crippen LogP contribution < -0.4 is 32.4 Å². The second-order valence-electron chi connectivity index (χ2n) is 11.6. The van der Waals surface area contributed by atoms with Gasteiger partial charge in [-0.3, -0.25) is 0 Å². The van der Waals surface area contributed by atoms with Gasteiger partial charge >= 0.3 is 11.9 Å². The summed E-state index contributed by atoms with van der Waals surface area (Å²) in [7, 11) is 0. The smallest absolute Gasteiger partial charge is 0.328 e. The number of benzene rings is 1. The summed E-state index contributed by atoms with van der Waals surface area (Å²) >= 11 is 0. The molecule has 8 heteroatoms. The van der Waals surface area contributed by atoms with Crippen molar-refractivity contribution < 1.29 is 19.1 Å². The van der Waals surface area contributed by atoms with Crippen molar-refractivity contribution in [1.29, 1.82) is 0 Å². The summed E-state index contributed by atoms with van der Waals surface area (Å²) < 4.78 is 12.1. The summed E-state index contributed by atoms with van der Waals surface area (Å²) in [6.07, 6.45) is 11.9. The minimum atomic E-state index is -0.777. The van der Waals surface area contributed by atoms with Crippen LogP contribution >= 0.6 is 0 Å². The van der Waals surface area contributed by atoms with E-state index >= 15 is 0 Å². The Hall–Kier alpha value is -2.52. The maximum Gasteiger partial charge on any atom is 0.328 e. The summed E-state index contributed by atoms with van der Waals surface area (Å²) in [5.41, 5.74) is 27.6. The molecular formula is C33H54N4O4. The molecule has 4 unspecified atom stereocenters. The van der Waals surface area contributed by atoms with Crippen molar-refractivity contribution in [3.8, 4) is 11.5 Å². The minimum absolute atomic E-state index is 0.0935. The van der Waals surface area contributed by atoms with Crippen molar-refractivity contribution in [2.45, 2.75) is 116 Å². The van der Waals surface area contributed by atoms with Gasteiger partial charge in [0.2, 0.25) is 0 Å². The van der Waals surface area contributed by atoms with Gasteiger partial charge in [0, 0.05) is 11.5 Å². The average Bonchev–Trinajstić information content (AvgIpc) is 2.93. The number of unbranched alkanes of at least 4 members (excludes halogenated alkanes) is 4. The number of esters is 2. The number of nitrogens with two attached hydrogens (primary N) is 4. The summed E-state index contributed by atoms with van der Waals surface area (Å²) in [5.74, 6) is -0.323. The van der Waals surface area contributed by atoms with E-state index in [1.807, 2.05) is 19.1 Å². The summed E-state index contributed by atoms with van der Waals surface area (Å²) in [5, 5.41) is 0. The first-order valence-corrected chi connectivity index (χ1v) is 15.5. The molecule has 0 amide bonds. The Balaban J connectivity index is 2.61. The van der Waals surface area contributed by atoms with Crippen molar-refractivity contribution in [2.75, 3.05) is 13.1 Å². The van der Waals surface area contributed by atoms with Gasteiger partial charge in [-0.15, -0.1) is 0 Å². The lowest BCUT2D eigenvalue weighted by Crippen LogP contribution is -2.35. The topological polar surface area (TPSA) is 157 Å². The minimum Gasteiger partial charge on any atom is -0.425 e. The third-order valence-electron chi connectivity index (χ3n) is 7.91. The zero-order valence-electron chi connectivity index (χ0n) is 25.6. The van der Waals surface area contributed by atoms with Crippen molar-refractivity contribution in [3.05, 3.63) is 47.1 Å². The number of ether oxygens (including phenoxy) is 2. The molecule has 0 saturated carbocycles. The van der Waals surface area contributed by atoms with Crippen LogP contribution in [0, 0.1) is 5.92 Å². The molecule has 0 aromatic heterocycles. The van der Waals surface area contributed by atoms with E-state index in [1.54, 1.807) is 0 Å². The van der Waals surface area contributed by atoms with Gasteiger partial charge in [0.1, 0.15) is 23.6 Å². The van der Waals surface area contributed by atoms with Crippen LogP contribution in [0.3, 0.4) is 0 Å². The van der Waals surface area contributed by atoms with Crippen LogP contribution in [0.15, 0.2) is 35.9 Å². The zero-order valence-corrected chi connectivity index (χ0v) is 25.6. The predicted octanol–water partition coefficient (Wildman–Crippen LogP) is 5.16. The third-order valence-corrected chi connectivity index (χ3v) is 7.91. The lowest BCUT2D eigenvalue weighted by atomic mass is 9.73. The van der Waals surface area contributed by atoms with E-state index in [1.165, 1.54) is 5.57 Å². The molecule has 1 aromatic carbocycles. The molecule has 41 heavy (non-hydrogen) atoms. The summed E-state index contributed by atoms with van der Waals surface area (Å²) in [6.45, 7) is 11.6.